The van der Waals surface area contributed by atoms with Gasteiger partial charge in [-0.15, -0.1) is 0 Å². The van der Waals surface area contributed by atoms with Gasteiger partial charge in [0.2, 0.25) is 0 Å². The predicted octanol–water partition coefficient (Wildman–Crippen LogP) is -5.92. The second kappa shape index (κ2) is 26.9. The molecule has 0 saturated carbocycles. The van der Waals surface area contributed by atoms with Gasteiger partial charge in [0.25, 0.3) is 0 Å². The number of hydrogen-bond donors (Lipinski definition) is 0. The molecule has 0 nitrogen and oxygen atoms in total. The first-order valence-corrected chi connectivity index (χ1v) is 0. The molecule has 0 aliphatic heterocycles. The minimum absolute atomic E-state index is 0. The molecule has 0 amide bonds. The summed E-state index contributed by atoms with van der Waals surface area (Å²) in [5.74, 6) is 0. The van der Waals surface area contributed by atoms with E-state index in [1.807, 2.05) is 0 Å². The summed E-state index contributed by atoms with van der Waals surface area (Å²) in [5.41, 5.74) is 0. The second-order valence-corrected chi connectivity index (χ2v) is 0. The maximum atomic E-state index is 0. The van der Waals surface area contributed by atoms with Crippen molar-refractivity contribution in [2.75, 3.05) is 0 Å². The molecule has 0 aromatic rings. The molecule has 0 fully saturated rings. The van der Waals surface area contributed by atoms with Crippen LogP contribution in [0.3, 0.4) is 0 Å². The molecule has 0 rings (SSSR count). The van der Waals surface area contributed by atoms with Gasteiger partial charge in [0, 0.05) is 0 Å². The molecule has 0 atom stereocenters. The van der Waals surface area contributed by atoms with Crippen LogP contribution >= 0.6 is 0 Å². The van der Waals surface area contributed by atoms with E-state index in [1.165, 1.54) is 0 Å². The largest absolute Gasteiger partial charge is 2.00 e. The van der Waals surface area contributed by atoms with Crippen LogP contribution in [-0.2, 0) is 0 Å². The second-order valence-electron chi connectivity index (χ2n) is 0. The van der Waals surface area contributed by atoms with Crippen LogP contribution in [0.5, 0.6) is 0 Å². The molecule has 0 aromatic carbocycles. The Balaban J connectivity index is 0. The molecule has 0 N–H and O–H groups in total. The van der Waals surface area contributed by atoms with Crippen molar-refractivity contribution in [2.45, 2.75) is 0 Å². The molecule has 0 aliphatic rings. The molecule has 0 saturated heterocycles. The Labute approximate surface area is 55.3 Å². The van der Waals surface area contributed by atoms with E-state index in [2.05, 4.69) is 0 Å². The summed E-state index contributed by atoms with van der Waals surface area (Å²) in [6.45, 7) is 0. The van der Waals surface area contributed by atoms with Crippen LogP contribution in [0, 0.1) is 7.43 Å². The Morgan fingerprint density at radius 3 is 0.750 bits per heavy atom. The summed E-state index contributed by atoms with van der Waals surface area (Å²) in [7, 11) is 0. The topological polar surface area (TPSA) is 0 Å². The smallest absolute Gasteiger partial charge is 1.00 e. The average Bonchev–Trinajstić information content (AvgIpc) is 0. The van der Waals surface area contributed by atoms with Crippen molar-refractivity contribution in [2.24, 2.45) is 0 Å². The van der Waals surface area contributed by atoms with Crippen LogP contribution in [0.25, 0.3) is 0 Å². The van der Waals surface area contributed by atoms with Gasteiger partial charge in [-0.2, -0.15) is 0 Å². The zero-order valence-electron chi connectivity index (χ0n) is 2.46. The van der Waals surface area contributed by atoms with Gasteiger partial charge in [0.1, 0.15) is 0 Å². The molecular formula is CH3Cl2Mg-. The van der Waals surface area contributed by atoms with E-state index < -0.39 is 0 Å². The normalized spacial score (nSPS) is 0. The van der Waals surface area contributed by atoms with Gasteiger partial charge < -0.3 is 32.2 Å². The van der Waals surface area contributed by atoms with E-state index in [1.54, 1.807) is 0 Å². The standard InChI is InChI=1S/CH3.2ClH.Mg/h1H3;2*1H;/q-1;;;+2/p-2. The SMILES string of the molecule is [CH3-].[Cl-].[Cl-].[Mg+2]. The first-order chi connectivity index (χ1) is 0. The predicted molar refractivity (Wildman–Crippen MR) is 12.2 cm³/mol. The van der Waals surface area contributed by atoms with E-state index in [4.69, 9.17) is 0 Å². The molecule has 0 unspecified atom stereocenters. The van der Waals surface area contributed by atoms with Crippen molar-refractivity contribution in [3.8, 4) is 0 Å². The minimum atomic E-state index is 0. The molecular weight excluding hydrogens is 107 g/mol. The summed E-state index contributed by atoms with van der Waals surface area (Å²) in [6, 6.07) is 0. The quantitative estimate of drug-likeness (QED) is 0.215. The summed E-state index contributed by atoms with van der Waals surface area (Å²) in [6.07, 6.45) is 0. The van der Waals surface area contributed by atoms with Gasteiger partial charge in [-0.05, 0) is 0 Å². The van der Waals surface area contributed by atoms with Crippen LogP contribution in [0.15, 0.2) is 0 Å². The Bertz CT molecular complexity index is 6.00. The molecule has 24 valence electrons. The Kier molecular flexibility index (Phi) is 374. The molecule has 4 heavy (non-hydrogen) atoms. The first kappa shape index (κ1) is 55.7. The first-order valence-electron chi connectivity index (χ1n) is 0. The number of rotatable bonds is 0. The number of hydrogen-bond acceptors (Lipinski definition) is 0. The van der Waals surface area contributed by atoms with Crippen LogP contribution < -0.4 is 24.8 Å². The molecule has 0 bridgehead atoms. The van der Waals surface area contributed by atoms with Crippen molar-refractivity contribution < 1.29 is 24.8 Å². The molecule has 0 heterocycles. The monoisotopic (exact) mass is 109 g/mol. The van der Waals surface area contributed by atoms with E-state index in [0.717, 1.165) is 0 Å². The van der Waals surface area contributed by atoms with Crippen molar-refractivity contribution in [3.63, 3.8) is 0 Å². The summed E-state index contributed by atoms with van der Waals surface area (Å²) in [5, 5.41) is 0. The van der Waals surface area contributed by atoms with E-state index in [-0.39, 0.29) is 55.3 Å². The fourth-order valence-corrected chi connectivity index (χ4v) is 0. The van der Waals surface area contributed by atoms with Crippen LogP contribution in [-0.4, -0.2) is 23.1 Å². The summed E-state index contributed by atoms with van der Waals surface area (Å²) >= 11 is 0. The fraction of sp³-hybridized carbons (Fsp3) is 0. The maximum absolute atomic E-state index is 0. The van der Waals surface area contributed by atoms with Crippen LogP contribution in [0.2, 0.25) is 0 Å². The van der Waals surface area contributed by atoms with Gasteiger partial charge in [0.05, 0.1) is 0 Å². The molecule has 0 radical (unpaired) electrons. The third-order valence-corrected chi connectivity index (χ3v) is 0. The summed E-state index contributed by atoms with van der Waals surface area (Å²) in [4.78, 5) is 0. The van der Waals surface area contributed by atoms with E-state index in [0.29, 0.717) is 0 Å². The maximum Gasteiger partial charge on any atom is 2.00 e. The average molecular weight is 110 g/mol. The van der Waals surface area contributed by atoms with Crippen LogP contribution in [0.4, 0.5) is 0 Å². The molecule has 0 spiro atoms. The molecule has 0 aliphatic carbocycles. The van der Waals surface area contributed by atoms with E-state index in [9.17, 15) is 0 Å². The van der Waals surface area contributed by atoms with Gasteiger partial charge >= 0.3 is 23.1 Å². The fourth-order valence-electron chi connectivity index (χ4n) is 0. The molecule has 3 heteroatoms. The Morgan fingerprint density at radius 1 is 0.750 bits per heavy atom. The third kappa shape index (κ3) is 10.2. The van der Waals surface area contributed by atoms with Gasteiger partial charge in [0.15, 0.2) is 0 Å². The van der Waals surface area contributed by atoms with Gasteiger partial charge in [-0.25, -0.2) is 0 Å². The third-order valence-electron chi connectivity index (χ3n) is 0. The number of halogens is 2. The summed E-state index contributed by atoms with van der Waals surface area (Å²) < 4.78 is 0. The van der Waals surface area contributed by atoms with Crippen molar-refractivity contribution in [1.29, 1.82) is 0 Å². The minimum Gasteiger partial charge on any atom is -1.00 e. The Hall–Kier alpha value is 1.35. The van der Waals surface area contributed by atoms with Gasteiger partial charge in [-0.3, -0.25) is 0 Å². The van der Waals surface area contributed by atoms with E-state index >= 15 is 0 Å². The zero-order valence-corrected chi connectivity index (χ0v) is 5.39. The van der Waals surface area contributed by atoms with Crippen molar-refractivity contribution in [3.05, 3.63) is 7.43 Å². The zero-order chi connectivity index (χ0) is 0. The molecule has 0 aromatic heterocycles. The van der Waals surface area contributed by atoms with Crippen LogP contribution in [0.1, 0.15) is 0 Å². The Morgan fingerprint density at radius 2 is 0.750 bits per heavy atom. The van der Waals surface area contributed by atoms with Gasteiger partial charge in [-0.1, -0.05) is 0 Å². The van der Waals surface area contributed by atoms with Crippen molar-refractivity contribution >= 4 is 23.1 Å². The van der Waals surface area contributed by atoms with Crippen molar-refractivity contribution in [1.82, 2.24) is 0 Å².